The molecule has 0 unspecified atom stereocenters. The van der Waals surface area contributed by atoms with Gasteiger partial charge in [-0.15, -0.1) is 12.4 Å². The van der Waals surface area contributed by atoms with Crippen LogP contribution in [0.5, 0.6) is 0 Å². The average molecular weight is 388 g/mol. The summed E-state index contributed by atoms with van der Waals surface area (Å²) in [4.78, 5) is 5.00. The van der Waals surface area contributed by atoms with E-state index in [0.29, 0.717) is 6.54 Å². The molecule has 2 aliphatic rings. The van der Waals surface area contributed by atoms with Crippen LogP contribution < -0.4 is 10.6 Å². The number of fused-ring (bicyclic) bond motifs is 3. The van der Waals surface area contributed by atoms with Gasteiger partial charge in [0.05, 0.1) is 11.9 Å². The molecule has 1 aliphatic carbocycles. The van der Waals surface area contributed by atoms with Crippen molar-refractivity contribution < 1.29 is 4.39 Å². The number of halogens is 2. The summed E-state index contributed by atoms with van der Waals surface area (Å²) >= 11 is 0. The lowest BCUT2D eigenvalue weighted by Crippen LogP contribution is -2.39. The summed E-state index contributed by atoms with van der Waals surface area (Å²) in [7, 11) is 0. The lowest BCUT2D eigenvalue weighted by atomic mass is 9.77. The lowest BCUT2D eigenvalue weighted by Gasteiger charge is -2.34. The summed E-state index contributed by atoms with van der Waals surface area (Å²) in [5.41, 5.74) is 4.52. The first-order valence-electron chi connectivity index (χ1n) is 9.31. The van der Waals surface area contributed by atoms with Gasteiger partial charge in [-0.25, -0.2) is 9.37 Å². The third kappa shape index (κ3) is 3.07. The van der Waals surface area contributed by atoms with Crippen molar-refractivity contribution in [3.8, 4) is 0 Å². The van der Waals surface area contributed by atoms with E-state index in [-0.39, 0.29) is 23.6 Å². The second kappa shape index (κ2) is 7.09. The molecule has 1 aliphatic heterocycles. The van der Waals surface area contributed by atoms with Gasteiger partial charge in [0.1, 0.15) is 11.6 Å². The molecule has 2 N–H and O–H groups in total. The minimum absolute atomic E-state index is 0. The fraction of sp³-hybridized carbons (Fsp3) is 0.400. The number of anilines is 1. The smallest absolute Gasteiger partial charge is 0.157 e. The highest BCUT2D eigenvalue weighted by molar-refractivity contribution is 5.85. The van der Waals surface area contributed by atoms with Crippen molar-refractivity contribution in [1.29, 1.82) is 0 Å². The Kier molecular flexibility index (Phi) is 4.78. The van der Waals surface area contributed by atoms with Crippen molar-refractivity contribution in [2.75, 3.05) is 18.4 Å². The van der Waals surface area contributed by atoms with Gasteiger partial charge in [-0.3, -0.25) is 0 Å². The SMILES string of the molecule is Cl.Fc1cccc(CNc2c3c(nc4ccnn24)C2(CCNCC2)CC3)c1. The number of piperidine rings is 1. The Balaban J connectivity index is 0.00000180. The third-order valence-electron chi connectivity index (χ3n) is 5.90. The Morgan fingerprint density at radius 1 is 1.19 bits per heavy atom. The van der Waals surface area contributed by atoms with Gasteiger partial charge in [0, 0.05) is 23.6 Å². The number of nitrogens with zero attached hydrogens (tertiary/aromatic N) is 3. The molecule has 3 heterocycles. The number of rotatable bonds is 3. The molecule has 0 radical (unpaired) electrons. The first-order valence-corrected chi connectivity index (χ1v) is 9.31. The predicted octanol–water partition coefficient (Wildman–Crippen LogP) is 3.47. The Morgan fingerprint density at radius 2 is 2.04 bits per heavy atom. The van der Waals surface area contributed by atoms with Crippen LogP contribution >= 0.6 is 12.4 Å². The topological polar surface area (TPSA) is 54.2 Å². The van der Waals surface area contributed by atoms with Gasteiger partial charge in [-0.2, -0.15) is 9.61 Å². The minimum atomic E-state index is -0.206. The van der Waals surface area contributed by atoms with Crippen molar-refractivity contribution in [1.82, 2.24) is 19.9 Å². The number of hydrogen-bond donors (Lipinski definition) is 2. The van der Waals surface area contributed by atoms with E-state index in [9.17, 15) is 4.39 Å². The van der Waals surface area contributed by atoms with E-state index < -0.39 is 0 Å². The molecule has 27 heavy (non-hydrogen) atoms. The molecule has 0 atom stereocenters. The molecular weight excluding hydrogens is 365 g/mol. The largest absolute Gasteiger partial charge is 0.366 e. The zero-order valence-electron chi connectivity index (χ0n) is 15.0. The molecule has 2 aromatic heterocycles. The Morgan fingerprint density at radius 3 is 2.85 bits per heavy atom. The van der Waals surface area contributed by atoms with Gasteiger partial charge < -0.3 is 10.6 Å². The molecule has 3 aromatic rings. The average Bonchev–Trinajstić information content (AvgIpc) is 3.26. The van der Waals surface area contributed by atoms with Gasteiger partial charge in [0.25, 0.3) is 0 Å². The van der Waals surface area contributed by atoms with E-state index in [2.05, 4.69) is 15.7 Å². The third-order valence-corrected chi connectivity index (χ3v) is 5.90. The van der Waals surface area contributed by atoms with Crippen LogP contribution in [0, 0.1) is 5.82 Å². The fourth-order valence-electron chi connectivity index (χ4n) is 4.54. The first-order chi connectivity index (χ1) is 12.8. The minimum Gasteiger partial charge on any atom is -0.366 e. The Hall–Kier alpha value is -2.18. The maximum atomic E-state index is 13.5. The highest BCUT2D eigenvalue weighted by Crippen LogP contribution is 2.46. The summed E-state index contributed by atoms with van der Waals surface area (Å²) in [6.45, 7) is 2.67. The quantitative estimate of drug-likeness (QED) is 0.722. The van der Waals surface area contributed by atoms with Crippen LogP contribution in [0.2, 0.25) is 0 Å². The molecule has 0 bridgehead atoms. The highest BCUT2D eigenvalue weighted by Gasteiger charge is 2.42. The summed E-state index contributed by atoms with van der Waals surface area (Å²) in [6, 6.07) is 8.69. The lowest BCUT2D eigenvalue weighted by molar-refractivity contribution is 0.301. The van der Waals surface area contributed by atoms with Crippen molar-refractivity contribution in [3.63, 3.8) is 0 Å². The van der Waals surface area contributed by atoms with Crippen molar-refractivity contribution in [2.45, 2.75) is 37.6 Å². The Bertz CT molecular complexity index is 964. The number of benzene rings is 1. The number of hydrogen-bond acceptors (Lipinski definition) is 4. The predicted molar refractivity (Wildman–Crippen MR) is 106 cm³/mol. The zero-order chi connectivity index (χ0) is 17.6. The second-order valence-corrected chi connectivity index (χ2v) is 7.40. The molecule has 142 valence electrons. The molecule has 7 heteroatoms. The summed E-state index contributed by atoms with van der Waals surface area (Å²) in [5, 5.41) is 11.5. The molecule has 1 fully saturated rings. The van der Waals surface area contributed by atoms with E-state index in [1.807, 2.05) is 16.6 Å². The molecule has 1 saturated heterocycles. The summed E-state index contributed by atoms with van der Waals surface area (Å²) in [5.74, 6) is 0.803. The van der Waals surface area contributed by atoms with Crippen LogP contribution in [0.25, 0.3) is 5.65 Å². The van der Waals surface area contributed by atoms with Crippen LogP contribution in [-0.2, 0) is 18.4 Å². The maximum absolute atomic E-state index is 13.5. The molecule has 0 saturated carbocycles. The van der Waals surface area contributed by atoms with Crippen LogP contribution in [0.3, 0.4) is 0 Å². The Labute approximate surface area is 163 Å². The van der Waals surface area contributed by atoms with Gasteiger partial charge in [0.2, 0.25) is 0 Å². The van der Waals surface area contributed by atoms with Crippen LogP contribution in [0.15, 0.2) is 36.5 Å². The van der Waals surface area contributed by atoms with E-state index in [4.69, 9.17) is 4.98 Å². The van der Waals surface area contributed by atoms with Crippen LogP contribution in [0.4, 0.5) is 10.2 Å². The first kappa shape index (κ1) is 18.2. The maximum Gasteiger partial charge on any atom is 0.157 e. The standard InChI is InChI=1S/C20H22FN5.ClH/c21-15-3-1-2-14(12-15)13-23-19-16-4-6-20(7-10-22-11-8-20)18(16)25-17-5-9-24-26(17)19;/h1-3,5,9,12,22-23H,4,6-8,10-11,13H2;1H. The second-order valence-electron chi connectivity index (χ2n) is 7.40. The number of nitrogens with one attached hydrogen (secondary N) is 2. The van der Waals surface area contributed by atoms with E-state index in [1.54, 1.807) is 18.3 Å². The van der Waals surface area contributed by atoms with Gasteiger partial charge in [-0.1, -0.05) is 12.1 Å². The van der Waals surface area contributed by atoms with E-state index in [0.717, 1.165) is 55.8 Å². The molecule has 5 nitrogen and oxygen atoms in total. The summed E-state index contributed by atoms with van der Waals surface area (Å²) < 4.78 is 15.4. The van der Waals surface area contributed by atoms with Crippen molar-refractivity contribution >= 4 is 23.9 Å². The molecular formula is C20H23ClFN5. The van der Waals surface area contributed by atoms with Crippen molar-refractivity contribution in [2.24, 2.45) is 0 Å². The van der Waals surface area contributed by atoms with E-state index >= 15 is 0 Å². The molecule has 1 aromatic carbocycles. The highest BCUT2D eigenvalue weighted by atomic mass is 35.5. The van der Waals surface area contributed by atoms with Crippen LogP contribution in [0.1, 0.15) is 36.1 Å². The summed E-state index contributed by atoms with van der Waals surface area (Å²) in [6.07, 6.45) is 6.24. The molecule has 0 amide bonds. The fourth-order valence-corrected chi connectivity index (χ4v) is 4.54. The van der Waals surface area contributed by atoms with Crippen molar-refractivity contribution in [3.05, 3.63) is 59.2 Å². The van der Waals surface area contributed by atoms with E-state index in [1.165, 1.54) is 17.3 Å². The molecule has 5 rings (SSSR count). The monoisotopic (exact) mass is 387 g/mol. The normalized spacial score (nSPS) is 17.7. The molecule has 1 spiro atoms. The van der Waals surface area contributed by atoms with Gasteiger partial charge >= 0.3 is 0 Å². The number of aromatic nitrogens is 3. The van der Waals surface area contributed by atoms with Crippen LogP contribution in [-0.4, -0.2) is 27.7 Å². The van der Waals surface area contributed by atoms with Gasteiger partial charge in [-0.05, 0) is 56.5 Å². The van der Waals surface area contributed by atoms with Gasteiger partial charge in [0.15, 0.2) is 5.65 Å². The zero-order valence-corrected chi connectivity index (χ0v) is 15.9.